The smallest absolute Gasteiger partial charge is 0.399 e. The van der Waals surface area contributed by atoms with Crippen molar-refractivity contribution < 1.29 is 9.31 Å². The van der Waals surface area contributed by atoms with Gasteiger partial charge in [0.1, 0.15) is 0 Å². The second-order valence-electron chi connectivity index (χ2n) is 14.0. The van der Waals surface area contributed by atoms with E-state index in [1.54, 1.807) is 0 Å². The molecule has 6 aromatic carbocycles. The lowest BCUT2D eigenvalue weighted by Crippen LogP contribution is -2.41. The van der Waals surface area contributed by atoms with Gasteiger partial charge in [0.05, 0.1) is 39.4 Å². The Kier molecular flexibility index (Phi) is 6.18. The quantitative estimate of drug-likeness (QED) is 0.184. The van der Waals surface area contributed by atoms with Gasteiger partial charge in [-0.1, -0.05) is 84.9 Å². The first-order chi connectivity index (χ1) is 23.2. The molecule has 0 amide bonds. The maximum Gasteiger partial charge on any atom is 0.494 e. The highest BCUT2D eigenvalue weighted by molar-refractivity contribution is 6.63. The van der Waals surface area contributed by atoms with E-state index in [0.717, 1.165) is 38.8 Å². The van der Waals surface area contributed by atoms with Crippen molar-refractivity contribution in [3.8, 4) is 39.4 Å². The zero-order chi connectivity index (χ0) is 32.8. The average molecular weight is 621 g/mol. The van der Waals surface area contributed by atoms with E-state index < -0.39 is 18.3 Å². The minimum Gasteiger partial charge on any atom is -0.399 e. The van der Waals surface area contributed by atoms with E-state index in [1.165, 1.54) is 38.1 Å². The van der Waals surface area contributed by atoms with Crippen molar-refractivity contribution in [1.82, 2.24) is 4.40 Å². The molecule has 0 spiro atoms. The van der Waals surface area contributed by atoms with Gasteiger partial charge in [0.25, 0.3) is 0 Å². The van der Waals surface area contributed by atoms with Crippen LogP contribution in [0.4, 0.5) is 0 Å². The molecule has 230 valence electrons. The number of para-hydroxylation sites is 1. The van der Waals surface area contributed by atoms with Gasteiger partial charge >= 0.3 is 7.12 Å². The summed E-state index contributed by atoms with van der Waals surface area (Å²) in [5.74, 6) is 0. The van der Waals surface area contributed by atoms with Gasteiger partial charge in [0.15, 0.2) is 0 Å². The Hall–Kier alpha value is -5.41. The van der Waals surface area contributed by atoms with E-state index in [2.05, 4.69) is 135 Å². The largest absolute Gasteiger partial charge is 0.494 e. The van der Waals surface area contributed by atoms with Crippen LogP contribution in [0.2, 0.25) is 0 Å². The summed E-state index contributed by atoms with van der Waals surface area (Å²) < 4.78 is 15.5. The third kappa shape index (κ3) is 4.30. The molecule has 9 rings (SSSR count). The van der Waals surface area contributed by atoms with Crippen LogP contribution in [0.1, 0.15) is 33.3 Å². The monoisotopic (exact) mass is 620 g/mol. The van der Waals surface area contributed by atoms with E-state index in [9.17, 15) is 5.26 Å². The van der Waals surface area contributed by atoms with Crippen LogP contribution in [0.25, 0.3) is 71.5 Å². The summed E-state index contributed by atoms with van der Waals surface area (Å²) in [5.41, 5.74) is 10.9. The SMILES string of the molecule is CC1(C)OB(c2cc3c4ccccc4n4c5ccc(-c6cccc(-c7cc(C#N)cc(-c8ccccc8)c7)c6)cc5c(c2)c34)OC1(C)C. The molecule has 0 bridgehead atoms. The van der Waals surface area contributed by atoms with E-state index in [1.807, 2.05) is 30.3 Å². The lowest BCUT2D eigenvalue weighted by molar-refractivity contribution is 0.00578. The van der Waals surface area contributed by atoms with Gasteiger partial charge in [0.2, 0.25) is 0 Å². The number of hydrogen-bond donors (Lipinski definition) is 0. The molecule has 0 radical (unpaired) electrons. The summed E-state index contributed by atoms with van der Waals surface area (Å²) in [5, 5.41) is 14.7. The molecule has 1 aliphatic rings. The fourth-order valence-corrected chi connectivity index (χ4v) is 7.35. The molecule has 1 saturated heterocycles. The maximum absolute atomic E-state index is 9.86. The third-order valence-corrected chi connectivity index (χ3v) is 10.5. The van der Waals surface area contributed by atoms with Crippen LogP contribution in [0, 0.1) is 11.3 Å². The number of fused-ring (bicyclic) bond motifs is 6. The summed E-state index contributed by atoms with van der Waals surface area (Å²) in [6.07, 6.45) is 0. The molecule has 0 aliphatic carbocycles. The van der Waals surface area contributed by atoms with Gasteiger partial charge in [-0.15, -0.1) is 0 Å². The molecule has 0 unspecified atom stereocenters. The Morgan fingerprint density at radius 3 is 1.81 bits per heavy atom. The average Bonchev–Trinajstić information content (AvgIpc) is 3.70. The van der Waals surface area contributed by atoms with Gasteiger partial charge in [0, 0.05) is 21.5 Å². The van der Waals surface area contributed by atoms with Crippen molar-refractivity contribution in [2.24, 2.45) is 0 Å². The molecular formula is C43H33BN2O2. The van der Waals surface area contributed by atoms with E-state index in [4.69, 9.17) is 9.31 Å². The number of nitriles is 1. The summed E-state index contributed by atoms with van der Waals surface area (Å²) in [6, 6.07) is 47.3. The third-order valence-electron chi connectivity index (χ3n) is 10.5. The summed E-state index contributed by atoms with van der Waals surface area (Å²) in [7, 11) is -0.452. The number of nitrogens with zero attached hydrogens (tertiary/aromatic N) is 2. The fourth-order valence-electron chi connectivity index (χ4n) is 7.35. The van der Waals surface area contributed by atoms with Gasteiger partial charge in [-0.25, -0.2) is 0 Å². The highest BCUT2D eigenvalue weighted by atomic mass is 16.7. The first-order valence-corrected chi connectivity index (χ1v) is 16.5. The first-order valence-electron chi connectivity index (χ1n) is 16.5. The summed E-state index contributed by atoms with van der Waals surface area (Å²) in [6.45, 7) is 8.41. The van der Waals surface area contributed by atoms with Crippen LogP contribution in [-0.2, 0) is 9.31 Å². The topological polar surface area (TPSA) is 46.7 Å². The Morgan fingerprint density at radius 1 is 0.521 bits per heavy atom. The first kappa shape index (κ1) is 28.8. The van der Waals surface area contributed by atoms with E-state index in [-0.39, 0.29) is 0 Å². The molecule has 2 aromatic heterocycles. The zero-order valence-electron chi connectivity index (χ0n) is 27.4. The van der Waals surface area contributed by atoms with Crippen molar-refractivity contribution in [2.75, 3.05) is 0 Å². The molecule has 4 nitrogen and oxygen atoms in total. The van der Waals surface area contributed by atoms with Crippen LogP contribution >= 0.6 is 0 Å². The lowest BCUT2D eigenvalue weighted by Gasteiger charge is -2.32. The normalized spacial score (nSPS) is 15.6. The molecule has 0 saturated carbocycles. The van der Waals surface area contributed by atoms with Crippen LogP contribution in [-0.4, -0.2) is 22.7 Å². The molecule has 8 aromatic rings. The zero-order valence-corrected chi connectivity index (χ0v) is 27.4. The molecule has 5 heteroatoms. The van der Waals surface area contributed by atoms with Gasteiger partial charge in [-0.05, 0) is 109 Å². The van der Waals surface area contributed by atoms with Crippen LogP contribution in [0.5, 0.6) is 0 Å². The van der Waals surface area contributed by atoms with Crippen LogP contribution < -0.4 is 5.46 Å². The Morgan fingerprint density at radius 2 is 1.08 bits per heavy atom. The van der Waals surface area contributed by atoms with Crippen molar-refractivity contribution >= 4 is 50.7 Å². The highest BCUT2D eigenvalue weighted by Crippen LogP contribution is 2.42. The fraction of sp³-hybridized carbons (Fsp3) is 0.140. The van der Waals surface area contributed by atoms with Crippen molar-refractivity contribution in [2.45, 2.75) is 38.9 Å². The summed E-state index contributed by atoms with van der Waals surface area (Å²) in [4.78, 5) is 0. The van der Waals surface area contributed by atoms with Gasteiger partial charge in [-0.2, -0.15) is 5.26 Å². The molecule has 0 N–H and O–H groups in total. The number of aromatic nitrogens is 1. The predicted molar refractivity (Wildman–Crippen MR) is 198 cm³/mol. The second-order valence-corrected chi connectivity index (χ2v) is 14.0. The predicted octanol–water partition coefficient (Wildman–Crippen LogP) is 10.0. The minimum absolute atomic E-state index is 0.425. The summed E-state index contributed by atoms with van der Waals surface area (Å²) >= 11 is 0. The van der Waals surface area contributed by atoms with Gasteiger partial charge < -0.3 is 13.7 Å². The van der Waals surface area contributed by atoms with E-state index >= 15 is 0 Å². The molecular weight excluding hydrogens is 587 g/mol. The maximum atomic E-state index is 9.86. The van der Waals surface area contributed by atoms with Crippen LogP contribution in [0.3, 0.4) is 0 Å². The van der Waals surface area contributed by atoms with Crippen LogP contribution in [0.15, 0.2) is 127 Å². The lowest BCUT2D eigenvalue weighted by atomic mass is 9.77. The highest BCUT2D eigenvalue weighted by Gasteiger charge is 2.51. The molecule has 3 heterocycles. The van der Waals surface area contributed by atoms with Crippen molar-refractivity contribution in [1.29, 1.82) is 5.26 Å². The number of rotatable bonds is 4. The number of hydrogen-bond acceptors (Lipinski definition) is 3. The Bertz CT molecular complexity index is 2580. The van der Waals surface area contributed by atoms with Crippen molar-refractivity contribution in [3.05, 3.63) is 133 Å². The molecule has 0 atom stereocenters. The second kappa shape index (κ2) is 10.3. The number of benzene rings is 6. The Balaban J connectivity index is 1.21. The minimum atomic E-state index is -0.452. The standard InChI is InChI=1S/C43H33BN2O2/c1-42(2)43(3,4)48-44(47-42)34-24-37-35-15-8-9-16-39(35)46-40-18-17-31(23-36(40)38(25-34)41(37)46)29-13-10-14-30(21-29)33-20-27(26-45)19-32(22-33)28-11-6-5-7-12-28/h5-25H,1-4H3. The molecule has 48 heavy (non-hydrogen) atoms. The molecule has 1 aliphatic heterocycles. The van der Waals surface area contributed by atoms with Crippen molar-refractivity contribution in [3.63, 3.8) is 0 Å². The molecule has 1 fully saturated rings. The van der Waals surface area contributed by atoms with E-state index in [0.29, 0.717) is 5.56 Å². The van der Waals surface area contributed by atoms with Gasteiger partial charge in [-0.3, -0.25) is 0 Å². The Labute approximate surface area is 280 Å².